The third-order valence-corrected chi connectivity index (χ3v) is 3.38. The standard InChI is InChI=1S/C9H14O3S/c1-3-12-9(11)8-5-13-4-7(8)6(2)10/h7-8H,3-5H2,1-2H3. The first-order valence-corrected chi connectivity index (χ1v) is 5.57. The Morgan fingerprint density at radius 3 is 2.54 bits per heavy atom. The normalized spacial score (nSPS) is 27.2. The highest BCUT2D eigenvalue weighted by Crippen LogP contribution is 2.31. The third kappa shape index (κ3) is 2.46. The van der Waals surface area contributed by atoms with E-state index in [1.165, 1.54) is 0 Å². The first kappa shape index (κ1) is 10.6. The molecular weight excluding hydrogens is 188 g/mol. The van der Waals surface area contributed by atoms with Crippen molar-refractivity contribution in [1.29, 1.82) is 0 Å². The molecule has 3 nitrogen and oxygen atoms in total. The lowest BCUT2D eigenvalue weighted by atomic mass is 9.93. The number of esters is 1. The summed E-state index contributed by atoms with van der Waals surface area (Å²) in [7, 11) is 0. The summed E-state index contributed by atoms with van der Waals surface area (Å²) in [6, 6.07) is 0. The van der Waals surface area contributed by atoms with Crippen LogP contribution in [0.5, 0.6) is 0 Å². The van der Waals surface area contributed by atoms with E-state index < -0.39 is 0 Å². The van der Waals surface area contributed by atoms with Gasteiger partial charge in [-0.3, -0.25) is 9.59 Å². The molecule has 0 saturated carbocycles. The monoisotopic (exact) mass is 202 g/mol. The number of thioether (sulfide) groups is 1. The van der Waals surface area contributed by atoms with Crippen molar-refractivity contribution in [2.45, 2.75) is 13.8 Å². The van der Waals surface area contributed by atoms with Gasteiger partial charge in [0.2, 0.25) is 0 Å². The van der Waals surface area contributed by atoms with Crippen molar-refractivity contribution in [2.75, 3.05) is 18.1 Å². The average molecular weight is 202 g/mol. The van der Waals surface area contributed by atoms with E-state index in [1.807, 2.05) is 0 Å². The van der Waals surface area contributed by atoms with Gasteiger partial charge in [-0.15, -0.1) is 0 Å². The Labute approximate surface area is 82.2 Å². The molecule has 1 aliphatic heterocycles. The fourth-order valence-corrected chi connectivity index (χ4v) is 2.92. The minimum atomic E-state index is -0.215. The van der Waals surface area contributed by atoms with Crippen LogP contribution in [0.1, 0.15) is 13.8 Å². The molecule has 0 spiro atoms. The summed E-state index contributed by atoms with van der Waals surface area (Å²) in [4.78, 5) is 22.5. The maximum Gasteiger partial charge on any atom is 0.310 e. The molecule has 0 N–H and O–H groups in total. The van der Waals surface area contributed by atoms with Crippen LogP contribution in [0.2, 0.25) is 0 Å². The minimum Gasteiger partial charge on any atom is -0.466 e. The highest BCUT2D eigenvalue weighted by molar-refractivity contribution is 7.99. The number of rotatable bonds is 3. The van der Waals surface area contributed by atoms with Crippen LogP contribution in [0.3, 0.4) is 0 Å². The Morgan fingerprint density at radius 1 is 1.38 bits per heavy atom. The van der Waals surface area contributed by atoms with Gasteiger partial charge in [0.05, 0.1) is 12.5 Å². The molecule has 1 saturated heterocycles. The largest absolute Gasteiger partial charge is 0.466 e. The van der Waals surface area contributed by atoms with Crippen molar-refractivity contribution in [3.63, 3.8) is 0 Å². The molecule has 0 aromatic rings. The van der Waals surface area contributed by atoms with E-state index >= 15 is 0 Å². The molecular formula is C9H14O3S. The number of ketones is 1. The van der Waals surface area contributed by atoms with Gasteiger partial charge in [0.1, 0.15) is 5.78 Å². The summed E-state index contributed by atoms with van der Waals surface area (Å²) >= 11 is 1.65. The van der Waals surface area contributed by atoms with E-state index in [9.17, 15) is 9.59 Å². The SMILES string of the molecule is CCOC(=O)C1CSCC1C(C)=O. The van der Waals surface area contributed by atoms with Crippen LogP contribution in [-0.2, 0) is 14.3 Å². The summed E-state index contributed by atoms with van der Waals surface area (Å²) in [5, 5.41) is 0. The molecule has 0 aliphatic carbocycles. The summed E-state index contributed by atoms with van der Waals surface area (Å²) in [6.07, 6.45) is 0. The Hall–Kier alpha value is -0.510. The van der Waals surface area contributed by atoms with Crippen molar-refractivity contribution in [2.24, 2.45) is 11.8 Å². The van der Waals surface area contributed by atoms with E-state index in [-0.39, 0.29) is 23.6 Å². The second-order valence-electron chi connectivity index (χ2n) is 3.11. The van der Waals surface area contributed by atoms with Crippen LogP contribution in [-0.4, -0.2) is 29.9 Å². The Bertz CT molecular complexity index is 215. The first-order chi connectivity index (χ1) is 6.16. The number of Topliss-reactive ketones (excluding diaryl/α,β-unsaturated/α-hetero) is 1. The lowest BCUT2D eigenvalue weighted by Gasteiger charge is -2.13. The van der Waals surface area contributed by atoms with Crippen molar-refractivity contribution < 1.29 is 14.3 Å². The zero-order valence-electron chi connectivity index (χ0n) is 7.91. The predicted molar refractivity (Wildman–Crippen MR) is 51.6 cm³/mol. The molecule has 1 rings (SSSR count). The van der Waals surface area contributed by atoms with Gasteiger partial charge < -0.3 is 4.74 Å². The molecule has 0 amide bonds. The second-order valence-corrected chi connectivity index (χ2v) is 4.19. The highest BCUT2D eigenvalue weighted by Gasteiger charge is 2.37. The molecule has 1 aliphatic rings. The maximum atomic E-state index is 11.4. The lowest BCUT2D eigenvalue weighted by molar-refractivity contribution is -0.150. The molecule has 74 valence electrons. The van der Waals surface area contributed by atoms with Crippen molar-refractivity contribution in [3.05, 3.63) is 0 Å². The van der Waals surface area contributed by atoms with E-state index in [1.54, 1.807) is 25.6 Å². The predicted octanol–water partition coefficient (Wildman–Crippen LogP) is 1.12. The fourth-order valence-electron chi connectivity index (χ4n) is 1.44. The van der Waals surface area contributed by atoms with Gasteiger partial charge in [-0.1, -0.05) is 0 Å². The summed E-state index contributed by atoms with van der Waals surface area (Å²) < 4.78 is 4.90. The number of carbonyl (C=O) groups is 2. The lowest BCUT2D eigenvalue weighted by Crippen LogP contribution is -2.28. The van der Waals surface area contributed by atoms with Crippen molar-refractivity contribution >= 4 is 23.5 Å². The fraction of sp³-hybridized carbons (Fsp3) is 0.778. The van der Waals surface area contributed by atoms with E-state index in [0.29, 0.717) is 6.61 Å². The highest BCUT2D eigenvalue weighted by atomic mass is 32.2. The van der Waals surface area contributed by atoms with Crippen LogP contribution >= 0.6 is 11.8 Å². The second kappa shape index (κ2) is 4.65. The van der Waals surface area contributed by atoms with Gasteiger partial charge in [0.15, 0.2) is 0 Å². The van der Waals surface area contributed by atoms with E-state index in [4.69, 9.17) is 4.74 Å². The Balaban J connectivity index is 2.57. The molecule has 4 heteroatoms. The number of hydrogen-bond donors (Lipinski definition) is 0. The van der Waals surface area contributed by atoms with Gasteiger partial charge in [0, 0.05) is 17.4 Å². The number of hydrogen-bond acceptors (Lipinski definition) is 4. The molecule has 0 radical (unpaired) electrons. The van der Waals surface area contributed by atoms with Crippen LogP contribution in [0.25, 0.3) is 0 Å². The van der Waals surface area contributed by atoms with Gasteiger partial charge in [-0.2, -0.15) is 11.8 Å². The molecule has 0 aromatic heterocycles. The van der Waals surface area contributed by atoms with Crippen LogP contribution in [0.4, 0.5) is 0 Å². The van der Waals surface area contributed by atoms with E-state index in [2.05, 4.69) is 0 Å². The topological polar surface area (TPSA) is 43.4 Å². The number of carbonyl (C=O) groups excluding carboxylic acids is 2. The van der Waals surface area contributed by atoms with Gasteiger partial charge in [-0.05, 0) is 13.8 Å². The smallest absolute Gasteiger partial charge is 0.310 e. The van der Waals surface area contributed by atoms with Crippen LogP contribution < -0.4 is 0 Å². The molecule has 1 fully saturated rings. The van der Waals surface area contributed by atoms with Crippen LogP contribution in [0.15, 0.2) is 0 Å². The average Bonchev–Trinajstić information content (AvgIpc) is 2.52. The van der Waals surface area contributed by atoms with Gasteiger partial charge in [0.25, 0.3) is 0 Å². The van der Waals surface area contributed by atoms with Gasteiger partial charge >= 0.3 is 5.97 Å². The van der Waals surface area contributed by atoms with Crippen LogP contribution in [0, 0.1) is 11.8 Å². The maximum absolute atomic E-state index is 11.4. The van der Waals surface area contributed by atoms with Crippen molar-refractivity contribution in [3.8, 4) is 0 Å². The van der Waals surface area contributed by atoms with E-state index in [0.717, 1.165) is 11.5 Å². The summed E-state index contributed by atoms with van der Waals surface area (Å²) in [5.41, 5.74) is 0. The molecule has 0 aromatic carbocycles. The Kier molecular flexibility index (Phi) is 3.78. The molecule has 13 heavy (non-hydrogen) atoms. The molecule has 0 bridgehead atoms. The summed E-state index contributed by atoms with van der Waals surface area (Å²) in [6.45, 7) is 3.72. The van der Waals surface area contributed by atoms with Crippen molar-refractivity contribution in [1.82, 2.24) is 0 Å². The third-order valence-electron chi connectivity index (χ3n) is 2.19. The molecule has 2 atom stereocenters. The first-order valence-electron chi connectivity index (χ1n) is 4.41. The molecule has 2 unspecified atom stereocenters. The van der Waals surface area contributed by atoms with Gasteiger partial charge in [-0.25, -0.2) is 0 Å². The number of ether oxygens (including phenoxy) is 1. The quantitative estimate of drug-likeness (QED) is 0.643. The zero-order valence-corrected chi connectivity index (χ0v) is 8.73. The molecule has 1 heterocycles. The minimum absolute atomic E-state index is 0.100. The summed E-state index contributed by atoms with van der Waals surface area (Å²) in [5.74, 6) is 1.05. The Morgan fingerprint density at radius 2 is 2.00 bits per heavy atom. The zero-order chi connectivity index (χ0) is 9.84.